The first kappa shape index (κ1) is 12.7. The zero-order valence-corrected chi connectivity index (χ0v) is 9.71. The van der Waals surface area contributed by atoms with E-state index in [4.69, 9.17) is 10.8 Å². The van der Waals surface area contributed by atoms with E-state index < -0.39 is 17.8 Å². The van der Waals surface area contributed by atoms with Crippen LogP contribution in [0.4, 0.5) is 13.2 Å². The summed E-state index contributed by atoms with van der Waals surface area (Å²) in [7, 11) is 0. The highest BCUT2D eigenvalue weighted by Crippen LogP contribution is 2.34. The van der Waals surface area contributed by atoms with E-state index >= 15 is 0 Å². The molecule has 0 unspecified atom stereocenters. The third-order valence-corrected chi connectivity index (χ3v) is 2.86. The van der Waals surface area contributed by atoms with Crippen LogP contribution < -0.4 is 5.73 Å². The van der Waals surface area contributed by atoms with Crippen molar-refractivity contribution >= 4 is 22.6 Å². The molecule has 6 heteroatoms. The van der Waals surface area contributed by atoms with Gasteiger partial charge >= 0.3 is 6.18 Å². The first-order chi connectivity index (χ1) is 6.86. The predicted molar refractivity (Wildman–Crippen MR) is 58.2 cm³/mol. The summed E-state index contributed by atoms with van der Waals surface area (Å²) in [5, 5.41) is 8.74. The number of benzene rings is 1. The molecule has 3 N–H and O–H groups in total. The largest absolute Gasteiger partial charge is 0.417 e. The van der Waals surface area contributed by atoms with Gasteiger partial charge < -0.3 is 10.8 Å². The van der Waals surface area contributed by atoms with Gasteiger partial charge in [0.25, 0.3) is 0 Å². The van der Waals surface area contributed by atoms with Crippen molar-refractivity contribution in [3.63, 3.8) is 0 Å². The van der Waals surface area contributed by atoms with Crippen molar-refractivity contribution in [3.8, 4) is 0 Å². The number of aliphatic hydroxyl groups is 1. The monoisotopic (exact) mass is 331 g/mol. The Labute approximate surface area is 98.4 Å². The van der Waals surface area contributed by atoms with Crippen LogP contribution in [0.1, 0.15) is 17.2 Å². The van der Waals surface area contributed by atoms with Gasteiger partial charge in [-0.1, -0.05) is 6.07 Å². The number of hydrogen-bond donors (Lipinski definition) is 2. The highest BCUT2D eigenvalue weighted by atomic mass is 127. The van der Waals surface area contributed by atoms with E-state index in [9.17, 15) is 13.2 Å². The Balaban J connectivity index is 3.17. The maximum Gasteiger partial charge on any atom is 0.417 e. The molecule has 0 fully saturated rings. The van der Waals surface area contributed by atoms with Gasteiger partial charge in [-0.25, -0.2) is 0 Å². The van der Waals surface area contributed by atoms with Gasteiger partial charge in [0.05, 0.1) is 18.2 Å². The summed E-state index contributed by atoms with van der Waals surface area (Å²) < 4.78 is 37.6. The minimum absolute atomic E-state index is 0.119. The van der Waals surface area contributed by atoms with E-state index in [0.717, 1.165) is 6.07 Å². The maximum atomic E-state index is 12.5. The van der Waals surface area contributed by atoms with Gasteiger partial charge in [-0.05, 0) is 40.3 Å². The average molecular weight is 331 g/mol. The van der Waals surface area contributed by atoms with Crippen LogP contribution in [0.5, 0.6) is 0 Å². The van der Waals surface area contributed by atoms with Crippen molar-refractivity contribution in [1.82, 2.24) is 0 Å². The van der Waals surface area contributed by atoms with E-state index in [0.29, 0.717) is 0 Å². The highest BCUT2D eigenvalue weighted by Gasteiger charge is 2.33. The lowest BCUT2D eigenvalue weighted by molar-refractivity contribution is -0.138. The third-order valence-electron chi connectivity index (χ3n) is 1.92. The number of aliphatic hydroxyl groups excluding tert-OH is 1. The quantitative estimate of drug-likeness (QED) is 0.817. The maximum absolute atomic E-state index is 12.5. The molecule has 0 heterocycles. The van der Waals surface area contributed by atoms with Crippen LogP contribution in [0, 0.1) is 3.57 Å². The van der Waals surface area contributed by atoms with Crippen molar-refractivity contribution in [1.29, 1.82) is 0 Å². The fourth-order valence-corrected chi connectivity index (χ4v) is 1.74. The minimum Gasteiger partial charge on any atom is -0.394 e. The van der Waals surface area contributed by atoms with Gasteiger partial charge in [-0.3, -0.25) is 0 Å². The molecule has 1 rings (SSSR count). The molecular formula is C9H9F3INO. The molecule has 0 aliphatic heterocycles. The molecule has 84 valence electrons. The van der Waals surface area contributed by atoms with Crippen LogP contribution in [0.15, 0.2) is 18.2 Å². The molecule has 0 spiro atoms. The van der Waals surface area contributed by atoms with Crippen LogP contribution in [0.2, 0.25) is 0 Å². The summed E-state index contributed by atoms with van der Waals surface area (Å²) in [6, 6.07) is 3.03. The summed E-state index contributed by atoms with van der Waals surface area (Å²) in [6.07, 6.45) is -4.39. The summed E-state index contributed by atoms with van der Waals surface area (Å²) in [6.45, 7) is -0.377. The smallest absolute Gasteiger partial charge is 0.394 e. The zero-order valence-electron chi connectivity index (χ0n) is 7.55. The van der Waals surface area contributed by atoms with E-state index in [1.54, 1.807) is 22.6 Å². The number of alkyl halides is 3. The first-order valence-corrected chi connectivity index (χ1v) is 5.17. The van der Waals surface area contributed by atoms with Gasteiger partial charge in [0.2, 0.25) is 0 Å². The lowest BCUT2D eigenvalue weighted by Gasteiger charge is -2.13. The van der Waals surface area contributed by atoms with Crippen LogP contribution in [-0.4, -0.2) is 11.7 Å². The highest BCUT2D eigenvalue weighted by molar-refractivity contribution is 14.1. The van der Waals surface area contributed by atoms with Crippen LogP contribution in [-0.2, 0) is 6.18 Å². The molecular weight excluding hydrogens is 322 g/mol. The van der Waals surface area contributed by atoms with Gasteiger partial charge in [0.15, 0.2) is 0 Å². The van der Waals surface area contributed by atoms with Gasteiger partial charge in [0, 0.05) is 3.57 Å². The summed E-state index contributed by atoms with van der Waals surface area (Å²) >= 11 is 1.61. The second kappa shape index (κ2) is 4.67. The summed E-state index contributed by atoms with van der Waals surface area (Å²) in [4.78, 5) is 0. The van der Waals surface area contributed by atoms with Crippen molar-refractivity contribution < 1.29 is 18.3 Å². The van der Waals surface area contributed by atoms with E-state index in [-0.39, 0.29) is 15.7 Å². The van der Waals surface area contributed by atoms with Gasteiger partial charge in [-0.2, -0.15) is 13.2 Å². The number of hydrogen-bond acceptors (Lipinski definition) is 2. The molecule has 0 radical (unpaired) electrons. The van der Waals surface area contributed by atoms with Crippen LogP contribution in [0.3, 0.4) is 0 Å². The fraction of sp³-hybridized carbons (Fsp3) is 0.333. The zero-order chi connectivity index (χ0) is 11.6. The molecule has 0 amide bonds. The van der Waals surface area contributed by atoms with Crippen molar-refractivity contribution in [2.24, 2.45) is 5.73 Å². The minimum atomic E-state index is -4.39. The third kappa shape index (κ3) is 3.05. The van der Waals surface area contributed by atoms with E-state index in [1.165, 1.54) is 12.1 Å². The average Bonchev–Trinajstić information content (AvgIpc) is 2.15. The fourth-order valence-electron chi connectivity index (χ4n) is 1.10. The summed E-state index contributed by atoms with van der Waals surface area (Å²) in [5.74, 6) is 0. The lowest BCUT2D eigenvalue weighted by atomic mass is 10.1. The molecule has 0 aliphatic rings. The second-order valence-corrected chi connectivity index (χ2v) is 4.19. The Morgan fingerprint density at radius 1 is 1.40 bits per heavy atom. The Morgan fingerprint density at radius 3 is 2.47 bits per heavy atom. The van der Waals surface area contributed by atoms with Crippen molar-refractivity contribution in [2.75, 3.05) is 6.61 Å². The van der Waals surface area contributed by atoms with E-state index in [2.05, 4.69) is 0 Å². The number of halogens is 4. The molecule has 1 aromatic rings. The Kier molecular flexibility index (Phi) is 3.96. The molecule has 0 bridgehead atoms. The molecule has 0 aliphatic carbocycles. The van der Waals surface area contributed by atoms with Gasteiger partial charge in [-0.15, -0.1) is 0 Å². The Bertz CT molecular complexity index is 354. The van der Waals surface area contributed by atoms with Crippen molar-refractivity contribution in [3.05, 3.63) is 32.9 Å². The Morgan fingerprint density at radius 2 is 2.00 bits per heavy atom. The first-order valence-electron chi connectivity index (χ1n) is 4.09. The van der Waals surface area contributed by atoms with Crippen molar-refractivity contribution in [2.45, 2.75) is 12.2 Å². The molecule has 15 heavy (non-hydrogen) atoms. The Hall–Kier alpha value is -0.340. The standard InChI is InChI=1S/C9H9F3INO/c10-9(11,12)6-3-5(8(14)4-15)1-2-7(6)13/h1-3,8,15H,4,14H2/t8-/m1/s1. The normalized spacial score (nSPS) is 14.0. The molecule has 2 nitrogen and oxygen atoms in total. The van der Waals surface area contributed by atoms with Crippen LogP contribution >= 0.6 is 22.6 Å². The lowest BCUT2D eigenvalue weighted by Crippen LogP contribution is -2.16. The molecule has 0 saturated carbocycles. The molecule has 0 saturated heterocycles. The SMILES string of the molecule is N[C@H](CO)c1ccc(I)c(C(F)(F)F)c1. The molecule has 1 aromatic carbocycles. The summed E-state index contributed by atoms with van der Waals surface area (Å²) in [5.41, 5.74) is 5.00. The second-order valence-electron chi connectivity index (χ2n) is 3.03. The predicted octanol–water partition coefficient (Wildman–Crippen LogP) is 2.30. The molecule has 0 aromatic heterocycles. The molecule has 1 atom stereocenters. The topological polar surface area (TPSA) is 46.2 Å². The van der Waals surface area contributed by atoms with Crippen LogP contribution in [0.25, 0.3) is 0 Å². The number of rotatable bonds is 2. The number of nitrogens with two attached hydrogens (primary N) is 1. The van der Waals surface area contributed by atoms with Gasteiger partial charge in [0.1, 0.15) is 0 Å². The van der Waals surface area contributed by atoms with E-state index in [1.807, 2.05) is 0 Å².